The number of amides is 2. The summed E-state index contributed by atoms with van der Waals surface area (Å²) < 4.78 is 6.14. The first-order valence-electron chi connectivity index (χ1n) is 29.7. The maximum atomic E-state index is 14.1. The fourth-order valence-corrected chi connectivity index (χ4v) is 9.79. The highest BCUT2D eigenvalue weighted by atomic mass is 16.5. The molecule has 0 saturated carbocycles. The SMILES string of the molecule is CCCCCCCCCN(CCCCCCCCC)C(=O)C(C)(C)CCCCCC(CCCCCC(C)(C)C(=O)N(CCCCCCCCC)CCCCCCCCC)OC(=O)CCN(C)C. The second-order valence-corrected chi connectivity index (χ2v) is 22.7. The van der Waals surface area contributed by atoms with Crippen LogP contribution < -0.4 is 0 Å². The van der Waals surface area contributed by atoms with Crippen LogP contribution in [0, 0.1) is 10.8 Å². The summed E-state index contributed by atoms with van der Waals surface area (Å²) in [6, 6.07) is 0. The summed E-state index contributed by atoms with van der Waals surface area (Å²) in [5.74, 6) is 0.591. The van der Waals surface area contributed by atoms with E-state index in [0.717, 1.165) is 116 Å². The molecule has 0 aromatic heterocycles. The van der Waals surface area contributed by atoms with E-state index >= 15 is 0 Å². The fourth-order valence-electron chi connectivity index (χ4n) is 9.79. The third kappa shape index (κ3) is 37.8. The first kappa shape index (κ1) is 65.4. The highest BCUT2D eigenvalue weighted by molar-refractivity contribution is 5.82. The third-order valence-electron chi connectivity index (χ3n) is 14.6. The molecule has 0 unspecified atom stereocenters. The van der Waals surface area contributed by atoms with Gasteiger partial charge in [-0.2, -0.15) is 0 Å². The number of hydrogen-bond acceptors (Lipinski definition) is 5. The topological polar surface area (TPSA) is 70.2 Å². The zero-order valence-electron chi connectivity index (χ0n) is 47.2. The number of nitrogens with zero attached hydrogens (tertiary/aromatic N) is 3. The highest BCUT2D eigenvalue weighted by Gasteiger charge is 2.32. The van der Waals surface area contributed by atoms with Crippen molar-refractivity contribution in [1.82, 2.24) is 14.7 Å². The Morgan fingerprint density at radius 2 is 0.642 bits per heavy atom. The Kier molecular flexibility index (Phi) is 43.2. The van der Waals surface area contributed by atoms with Crippen LogP contribution in [0.2, 0.25) is 0 Å². The Bertz CT molecular complexity index is 1030. The van der Waals surface area contributed by atoms with E-state index in [1.807, 2.05) is 19.0 Å². The number of ether oxygens (including phenoxy) is 1. The van der Waals surface area contributed by atoms with Gasteiger partial charge in [0.15, 0.2) is 0 Å². The van der Waals surface area contributed by atoms with Gasteiger partial charge in [-0.15, -0.1) is 0 Å². The summed E-state index contributed by atoms with van der Waals surface area (Å²) in [5.41, 5.74) is -0.734. The van der Waals surface area contributed by atoms with Crippen molar-refractivity contribution in [2.75, 3.05) is 46.8 Å². The largest absolute Gasteiger partial charge is 0.462 e. The average Bonchev–Trinajstić information content (AvgIpc) is 3.29. The summed E-state index contributed by atoms with van der Waals surface area (Å²) in [4.78, 5) is 47.7. The van der Waals surface area contributed by atoms with E-state index < -0.39 is 0 Å². The average molecular weight is 947 g/mol. The van der Waals surface area contributed by atoms with Crippen molar-refractivity contribution < 1.29 is 19.1 Å². The van der Waals surface area contributed by atoms with Crippen LogP contribution in [0.5, 0.6) is 0 Å². The molecule has 0 aliphatic carbocycles. The molecule has 398 valence electrons. The molecule has 0 rings (SSSR count). The molecule has 0 aliphatic heterocycles. The lowest BCUT2D eigenvalue weighted by atomic mass is 9.84. The minimum Gasteiger partial charge on any atom is -0.462 e. The van der Waals surface area contributed by atoms with Crippen LogP contribution in [-0.4, -0.2) is 85.4 Å². The van der Waals surface area contributed by atoms with Crippen LogP contribution >= 0.6 is 0 Å². The van der Waals surface area contributed by atoms with Crippen molar-refractivity contribution >= 4 is 17.8 Å². The van der Waals surface area contributed by atoms with Gasteiger partial charge in [-0.25, -0.2) is 0 Å². The highest BCUT2D eigenvalue weighted by Crippen LogP contribution is 2.30. The number of esters is 1. The van der Waals surface area contributed by atoms with Crippen molar-refractivity contribution in [3.63, 3.8) is 0 Å². The molecule has 0 aromatic rings. The molecule has 0 saturated heterocycles. The van der Waals surface area contributed by atoms with Crippen LogP contribution in [-0.2, 0) is 19.1 Å². The quantitative estimate of drug-likeness (QED) is 0.0449. The van der Waals surface area contributed by atoms with E-state index in [1.165, 1.54) is 154 Å². The van der Waals surface area contributed by atoms with Gasteiger partial charge >= 0.3 is 5.97 Å². The minimum atomic E-state index is -0.367. The molecular formula is C60H119N3O4. The molecule has 67 heavy (non-hydrogen) atoms. The lowest BCUT2D eigenvalue weighted by Gasteiger charge is -2.32. The second-order valence-electron chi connectivity index (χ2n) is 22.7. The predicted octanol–water partition coefficient (Wildman–Crippen LogP) is 17.5. The van der Waals surface area contributed by atoms with Gasteiger partial charge in [-0.1, -0.05) is 235 Å². The number of hydrogen-bond donors (Lipinski definition) is 0. The van der Waals surface area contributed by atoms with Gasteiger partial charge in [-0.05, 0) is 78.3 Å². The van der Waals surface area contributed by atoms with E-state index in [-0.39, 0.29) is 22.9 Å². The fraction of sp³-hybridized carbons (Fsp3) is 0.950. The van der Waals surface area contributed by atoms with Gasteiger partial charge in [0.25, 0.3) is 0 Å². The lowest BCUT2D eigenvalue weighted by molar-refractivity contribution is -0.150. The van der Waals surface area contributed by atoms with Crippen LogP contribution in [0.3, 0.4) is 0 Å². The zero-order chi connectivity index (χ0) is 49.9. The number of rotatable bonds is 50. The first-order valence-corrected chi connectivity index (χ1v) is 29.7. The standard InChI is InChI=1S/C60H119N3O4/c1-11-15-19-23-27-31-41-50-62(51-42-32-28-24-20-16-12-2)57(65)59(5,6)48-39-35-37-45-55(67-56(64)47-54-61(9)10)46-38-36-40-49-60(7,8)58(66)63(52-43-33-29-25-21-17-13-3)53-44-34-30-26-22-18-14-4/h55H,11-54H2,1-10H3. The Labute approximate surface area is 419 Å². The monoisotopic (exact) mass is 946 g/mol. The molecule has 0 atom stereocenters. The lowest BCUT2D eigenvalue weighted by Crippen LogP contribution is -2.42. The molecule has 0 N–H and O–H groups in total. The van der Waals surface area contributed by atoms with Gasteiger partial charge in [0.2, 0.25) is 11.8 Å². The van der Waals surface area contributed by atoms with Gasteiger partial charge in [0, 0.05) is 43.6 Å². The number of carbonyl (C=O) groups is 3. The molecule has 7 heteroatoms. The van der Waals surface area contributed by atoms with Gasteiger partial charge < -0.3 is 19.4 Å². The molecular weight excluding hydrogens is 827 g/mol. The number of unbranched alkanes of at least 4 members (excludes halogenated alkanes) is 28. The van der Waals surface area contributed by atoms with Crippen molar-refractivity contribution in [2.45, 2.75) is 312 Å². The summed E-state index contributed by atoms with van der Waals surface area (Å²) in [6.45, 7) is 22.1. The van der Waals surface area contributed by atoms with E-state index in [4.69, 9.17) is 4.74 Å². The summed E-state index contributed by atoms with van der Waals surface area (Å²) in [5, 5.41) is 0. The maximum absolute atomic E-state index is 14.1. The smallest absolute Gasteiger partial charge is 0.307 e. The van der Waals surface area contributed by atoms with E-state index in [2.05, 4.69) is 65.2 Å². The Balaban J connectivity index is 5.26. The van der Waals surface area contributed by atoms with Crippen LogP contribution in [0.4, 0.5) is 0 Å². The molecule has 2 amide bonds. The maximum Gasteiger partial charge on any atom is 0.307 e. The van der Waals surface area contributed by atoms with Crippen molar-refractivity contribution in [3.05, 3.63) is 0 Å². The Morgan fingerprint density at radius 1 is 0.373 bits per heavy atom. The van der Waals surface area contributed by atoms with E-state index in [1.54, 1.807) is 0 Å². The van der Waals surface area contributed by atoms with Gasteiger partial charge in [0.05, 0.1) is 6.42 Å². The summed E-state index contributed by atoms with van der Waals surface area (Å²) >= 11 is 0. The molecule has 0 spiro atoms. The van der Waals surface area contributed by atoms with Crippen molar-refractivity contribution in [3.8, 4) is 0 Å². The number of carbonyl (C=O) groups excluding carboxylic acids is 3. The molecule has 0 aliphatic rings. The normalized spacial score (nSPS) is 12.1. The van der Waals surface area contributed by atoms with E-state index in [9.17, 15) is 14.4 Å². The summed E-state index contributed by atoms with van der Waals surface area (Å²) in [7, 11) is 4.00. The molecule has 0 fully saturated rings. The molecule has 0 radical (unpaired) electrons. The molecule has 0 heterocycles. The first-order chi connectivity index (χ1) is 32.2. The Hall–Kier alpha value is -1.63. The molecule has 0 aromatic carbocycles. The zero-order valence-corrected chi connectivity index (χ0v) is 47.2. The molecule has 7 nitrogen and oxygen atoms in total. The summed E-state index contributed by atoms with van der Waals surface area (Å²) in [6.07, 6.45) is 45.6. The van der Waals surface area contributed by atoms with Crippen LogP contribution in [0.1, 0.15) is 306 Å². The van der Waals surface area contributed by atoms with Crippen LogP contribution in [0.25, 0.3) is 0 Å². The molecule has 0 bridgehead atoms. The van der Waals surface area contributed by atoms with Crippen molar-refractivity contribution in [2.24, 2.45) is 10.8 Å². The van der Waals surface area contributed by atoms with Crippen LogP contribution in [0.15, 0.2) is 0 Å². The Morgan fingerprint density at radius 3 is 0.925 bits per heavy atom. The predicted molar refractivity (Wildman–Crippen MR) is 292 cm³/mol. The van der Waals surface area contributed by atoms with Crippen molar-refractivity contribution in [1.29, 1.82) is 0 Å². The minimum absolute atomic E-state index is 0.0715. The van der Waals surface area contributed by atoms with Gasteiger partial charge in [-0.3, -0.25) is 14.4 Å². The third-order valence-corrected chi connectivity index (χ3v) is 14.6. The second kappa shape index (κ2) is 44.3. The van der Waals surface area contributed by atoms with E-state index in [0.29, 0.717) is 24.8 Å². The van der Waals surface area contributed by atoms with Gasteiger partial charge in [0.1, 0.15) is 6.10 Å².